The molecule has 1 aliphatic heterocycles. The molecule has 0 aromatic carbocycles. The fourth-order valence-corrected chi connectivity index (χ4v) is 5.17. The molecule has 7 nitrogen and oxygen atoms in total. The van der Waals surface area contributed by atoms with Crippen LogP contribution in [0.2, 0.25) is 0 Å². The number of sulfonamides is 1. The van der Waals surface area contributed by atoms with Crippen molar-refractivity contribution in [2.24, 2.45) is 0 Å². The highest BCUT2D eigenvalue weighted by atomic mass is 32.2. The topological polar surface area (TPSA) is 90.2 Å². The molecule has 0 unspecified atom stereocenters. The van der Waals surface area contributed by atoms with E-state index >= 15 is 0 Å². The van der Waals surface area contributed by atoms with Crippen LogP contribution in [0.4, 0.5) is 5.82 Å². The van der Waals surface area contributed by atoms with Crippen molar-refractivity contribution in [2.45, 2.75) is 50.6 Å². The first-order valence-electron chi connectivity index (χ1n) is 8.45. The lowest BCUT2D eigenvalue weighted by molar-refractivity contribution is 0.164. The van der Waals surface area contributed by atoms with Gasteiger partial charge in [-0.1, -0.05) is 6.42 Å². The van der Waals surface area contributed by atoms with Crippen LogP contribution in [0.5, 0.6) is 0 Å². The number of nitrogens with zero attached hydrogens (tertiary/aromatic N) is 5. The molecule has 1 aliphatic carbocycles. The lowest BCUT2D eigenvalue weighted by Gasteiger charge is -2.40. The van der Waals surface area contributed by atoms with Gasteiger partial charge < -0.3 is 4.90 Å². The number of rotatable bonds is 4. The van der Waals surface area contributed by atoms with E-state index in [0.717, 1.165) is 45.1 Å². The highest BCUT2D eigenvalue weighted by Crippen LogP contribution is 2.32. The van der Waals surface area contributed by atoms with Crippen LogP contribution in [0.3, 0.4) is 0 Å². The molecule has 1 aromatic rings. The maximum absolute atomic E-state index is 12.3. The molecule has 0 spiro atoms. The van der Waals surface area contributed by atoms with E-state index in [0.29, 0.717) is 18.1 Å². The molecular weight excluding hydrogens is 326 g/mol. The van der Waals surface area contributed by atoms with E-state index in [-0.39, 0.29) is 12.1 Å². The Labute approximate surface area is 143 Å². The molecule has 0 bridgehead atoms. The van der Waals surface area contributed by atoms with Crippen LogP contribution in [0.15, 0.2) is 12.4 Å². The SMILES string of the molecule is CS(=O)(=O)N(C1CCC1)[C@@H]1CCCN(c2nccnc2C#N)CC1. The number of aromatic nitrogens is 2. The van der Waals surface area contributed by atoms with Gasteiger partial charge in [-0.25, -0.2) is 18.4 Å². The zero-order valence-electron chi connectivity index (χ0n) is 13.9. The lowest BCUT2D eigenvalue weighted by Crippen LogP contribution is -2.49. The van der Waals surface area contributed by atoms with Gasteiger partial charge >= 0.3 is 0 Å². The minimum atomic E-state index is -3.20. The van der Waals surface area contributed by atoms with Crippen LogP contribution in [0.1, 0.15) is 44.2 Å². The van der Waals surface area contributed by atoms with Gasteiger partial charge in [-0.2, -0.15) is 9.57 Å². The smallest absolute Gasteiger partial charge is 0.211 e. The summed E-state index contributed by atoms with van der Waals surface area (Å²) in [6.07, 6.45) is 9.97. The van der Waals surface area contributed by atoms with Gasteiger partial charge in [0, 0.05) is 37.6 Å². The number of hydrogen-bond donors (Lipinski definition) is 0. The Morgan fingerprint density at radius 3 is 2.42 bits per heavy atom. The van der Waals surface area contributed by atoms with E-state index in [1.807, 2.05) is 0 Å². The Balaban J connectivity index is 1.76. The van der Waals surface area contributed by atoms with Crippen molar-refractivity contribution in [2.75, 3.05) is 24.2 Å². The maximum Gasteiger partial charge on any atom is 0.211 e. The second-order valence-electron chi connectivity index (χ2n) is 6.59. The largest absolute Gasteiger partial charge is 0.354 e. The summed E-state index contributed by atoms with van der Waals surface area (Å²) in [5.74, 6) is 0.607. The van der Waals surface area contributed by atoms with Crippen molar-refractivity contribution in [1.82, 2.24) is 14.3 Å². The lowest BCUT2D eigenvalue weighted by atomic mass is 9.91. The molecule has 2 heterocycles. The van der Waals surface area contributed by atoms with Crippen LogP contribution >= 0.6 is 0 Å². The summed E-state index contributed by atoms with van der Waals surface area (Å²) in [6.45, 7) is 1.46. The van der Waals surface area contributed by atoms with Gasteiger partial charge in [0.1, 0.15) is 6.07 Å². The molecule has 8 heteroatoms. The Bertz CT molecular complexity index is 726. The Kier molecular flexibility index (Phi) is 5.01. The predicted molar refractivity (Wildman–Crippen MR) is 90.9 cm³/mol. The number of anilines is 1. The highest BCUT2D eigenvalue weighted by molar-refractivity contribution is 7.88. The fraction of sp³-hybridized carbons (Fsp3) is 0.688. The van der Waals surface area contributed by atoms with Gasteiger partial charge in [-0.15, -0.1) is 0 Å². The first-order chi connectivity index (χ1) is 11.5. The second-order valence-corrected chi connectivity index (χ2v) is 8.48. The monoisotopic (exact) mass is 349 g/mol. The Morgan fingerprint density at radius 2 is 1.79 bits per heavy atom. The minimum Gasteiger partial charge on any atom is -0.354 e. The summed E-state index contributed by atoms with van der Waals surface area (Å²) in [5, 5.41) is 9.21. The molecule has 3 rings (SSSR count). The fourth-order valence-electron chi connectivity index (χ4n) is 3.67. The molecule has 1 aromatic heterocycles. The number of hydrogen-bond acceptors (Lipinski definition) is 6. The molecule has 1 saturated heterocycles. The van der Waals surface area contributed by atoms with Crippen molar-refractivity contribution in [3.05, 3.63) is 18.1 Å². The van der Waals surface area contributed by atoms with E-state index in [1.165, 1.54) is 12.5 Å². The molecule has 2 fully saturated rings. The zero-order valence-corrected chi connectivity index (χ0v) is 14.7. The summed E-state index contributed by atoms with van der Waals surface area (Å²) < 4.78 is 26.3. The van der Waals surface area contributed by atoms with Crippen LogP contribution in [-0.4, -0.2) is 54.1 Å². The highest BCUT2D eigenvalue weighted by Gasteiger charge is 2.37. The first kappa shape index (κ1) is 17.1. The van der Waals surface area contributed by atoms with Crippen molar-refractivity contribution >= 4 is 15.8 Å². The summed E-state index contributed by atoms with van der Waals surface area (Å²) in [5.41, 5.74) is 0.329. The maximum atomic E-state index is 12.3. The molecule has 0 amide bonds. The van der Waals surface area contributed by atoms with Gasteiger partial charge in [0.05, 0.1) is 6.26 Å². The van der Waals surface area contributed by atoms with E-state index in [9.17, 15) is 13.7 Å². The molecule has 0 N–H and O–H groups in total. The summed E-state index contributed by atoms with van der Waals surface area (Å²) >= 11 is 0. The van der Waals surface area contributed by atoms with Gasteiger partial charge in [0.25, 0.3) is 0 Å². The van der Waals surface area contributed by atoms with E-state index < -0.39 is 10.0 Å². The summed E-state index contributed by atoms with van der Waals surface area (Å²) in [6, 6.07) is 2.29. The molecule has 0 radical (unpaired) electrons. The zero-order chi connectivity index (χ0) is 17.2. The molecular formula is C16H23N5O2S. The van der Waals surface area contributed by atoms with Crippen LogP contribution in [-0.2, 0) is 10.0 Å². The van der Waals surface area contributed by atoms with E-state index in [1.54, 1.807) is 10.5 Å². The first-order valence-corrected chi connectivity index (χ1v) is 10.3. The molecule has 130 valence electrons. The van der Waals surface area contributed by atoms with Crippen LogP contribution in [0, 0.1) is 11.3 Å². The molecule has 24 heavy (non-hydrogen) atoms. The van der Waals surface area contributed by atoms with Gasteiger partial charge in [-0.05, 0) is 32.1 Å². The van der Waals surface area contributed by atoms with Crippen molar-refractivity contribution in [3.8, 4) is 6.07 Å². The number of nitriles is 1. The van der Waals surface area contributed by atoms with Gasteiger partial charge in [0.15, 0.2) is 11.5 Å². The third kappa shape index (κ3) is 3.52. The molecule has 1 saturated carbocycles. The third-order valence-electron chi connectivity index (χ3n) is 4.96. The third-order valence-corrected chi connectivity index (χ3v) is 6.32. The van der Waals surface area contributed by atoms with Gasteiger partial charge in [0.2, 0.25) is 10.0 Å². The van der Waals surface area contributed by atoms with E-state index in [4.69, 9.17) is 0 Å². The average Bonchev–Trinajstić information content (AvgIpc) is 2.75. The van der Waals surface area contributed by atoms with Crippen LogP contribution in [0.25, 0.3) is 0 Å². The van der Waals surface area contributed by atoms with Crippen molar-refractivity contribution < 1.29 is 8.42 Å². The van der Waals surface area contributed by atoms with E-state index in [2.05, 4.69) is 20.9 Å². The molecule has 1 atom stereocenters. The average molecular weight is 349 g/mol. The van der Waals surface area contributed by atoms with Gasteiger partial charge in [-0.3, -0.25) is 0 Å². The van der Waals surface area contributed by atoms with Crippen molar-refractivity contribution in [1.29, 1.82) is 5.26 Å². The Hall–Kier alpha value is -1.72. The quantitative estimate of drug-likeness (QED) is 0.819. The predicted octanol–water partition coefficient (Wildman–Crippen LogP) is 1.52. The summed E-state index contributed by atoms with van der Waals surface area (Å²) in [4.78, 5) is 10.4. The molecule has 2 aliphatic rings. The second kappa shape index (κ2) is 7.03. The standard InChI is InChI=1S/C16H23N5O2S/c1-24(22,23)21(13-4-2-5-13)14-6-3-10-20(11-7-14)16-15(12-17)18-8-9-19-16/h8-9,13-14H,2-7,10-11H2,1H3/t14-/m1/s1. The minimum absolute atomic E-state index is 0.0394. The normalized spacial score (nSPS) is 22.7. The Morgan fingerprint density at radius 1 is 1.12 bits per heavy atom. The van der Waals surface area contributed by atoms with Crippen molar-refractivity contribution in [3.63, 3.8) is 0 Å². The summed E-state index contributed by atoms with van der Waals surface area (Å²) in [7, 11) is -3.20. The van der Waals surface area contributed by atoms with Crippen LogP contribution < -0.4 is 4.90 Å².